The van der Waals surface area contributed by atoms with Crippen molar-refractivity contribution in [2.45, 2.75) is 57.2 Å². The van der Waals surface area contributed by atoms with E-state index in [9.17, 15) is 10.2 Å². The fourth-order valence-electron chi connectivity index (χ4n) is 2.14. The third-order valence-corrected chi connectivity index (χ3v) is 3.40. The minimum atomic E-state index is -0.824. The van der Waals surface area contributed by atoms with Gasteiger partial charge >= 0.3 is 0 Å². The Hall–Kier alpha value is -0.340. The smallest absolute Gasteiger partial charge is 0.0905 e. The normalized spacial score (nSPS) is 35.2. The average molecular weight is 198 g/mol. The minimum Gasteiger partial charge on any atom is -0.390 e. The monoisotopic (exact) mass is 198 g/mol. The summed E-state index contributed by atoms with van der Waals surface area (Å²) in [4.78, 5) is 0. The van der Waals surface area contributed by atoms with Gasteiger partial charge in [-0.2, -0.15) is 0 Å². The summed E-state index contributed by atoms with van der Waals surface area (Å²) >= 11 is 0. The molecule has 0 radical (unpaired) electrons. The quantitative estimate of drug-likeness (QED) is 0.680. The van der Waals surface area contributed by atoms with E-state index in [0.29, 0.717) is 12.3 Å². The third kappa shape index (κ3) is 2.82. The number of aliphatic hydroxyl groups is 2. The molecule has 1 rings (SSSR count). The average Bonchev–Trinajstić information content (AvgIpc) is 2.19. The molecule has 2 heteroatoms. The zero-order chi connectivity index (χ0) is 10.6. The molecular weight excluding hydrogens is 176 g/mol. The largest absolute Gasteiger partial charge is 0.390 e. The van der Waals surface area contributed by atoms with Crippen LogP contribution in [0.1, 0.15) is 45.4 Å². The molecular formula is C12H22O2. The van der Waals surface area contributed by atoms with E-state index >= 15 is 0 Å². The zero-order valence-electron chi connectivity index (χ0n) is 9.08. The van der Waals surface area contributed by atoms with Crippen LogP contribution in [0.4, 0.5) is 0 Å². The van der Waals surface area contributed by atoms with Crippen molar-refractivity contribution in [3.63, 3.8) is 0 Å². The lowest BCUT2D eigenvalue weighted by Gasteiger charge is -2.38. The van der Waals surface area contributed by atoms with Gasteiger partial charge in [0.05, 0.1) is 11.7 Å². The summed E-state index contributed by atoms with van der Waals surface area (Å²) < 4.78 is 0. The van der Waals surface area contributed by atoms with Gasteiger partial charge < -0.3 is 10.2 Å². The molecule has 2 nitrogen and oxygen atoms in total. The van der Waals surface area contributed by atoms with Crippen molar-refractivity contribution in [3.05, 3.63) is 12.7 Å². The predicted octanol–water partition coefficient (Wildman–Crippen LogP) is 2.25. The Morgan fingerprint density at radius 3 is 2.57 bits per heavy atom. The Bertz CT molecular complexity index is 181. The Kier molecular flexibility index (Phi) is 4.14. The van der Waals surface area contributed by atoms with Gasteiger partial charge in [0.2, 0.25) is 0 Å². The lowest BCUT2D eigenvalue weighted by Crippen LogP contribution is -2.45. The van der Waals surface area contributed by atoms with E-state index in [-0.39, 0.29) is 0 Å². The molecule has 0 amide bonds. The molecule has 0 heterocycles. The van der Waals surface area contributed by atoms with Crippen LogP contribution in [0, 0.1) is 5.92 Å². The van der Waals surface area contributed by atoms with E-state index in [2.05, 4.69) is 13.5 Å². The van der Waals surface area contributed by atoms with E-state index < -0.39 is 11.7 Å². The van der Waals surface area contributed by atoms with Crippen molar-refractivity contribution in [3.8, 4) is 0 Å². The maximum Gasteiger partial charge on any atom is 0.0905 e. The maximum absolute atomic E-state index is 10.2. The summed E-state index contributed by atoms with van der Waals surface area (Å²) in [6.07, 6.45) is 6.17. The number of allylic oxidation sites excluding steroid dienone is 1. The van der Waals surface area contributed by atoms with E-state index in [0.717, 1.165) is 32.1 Å². The molecule has 1 aliphatic rings. The lowest BCUT2D eigenvalue weighted by atomic mass is 9.75. The standard InChI is InChI=1S/C12H22O2/c1-3-4-5-11(13)12(14)8-6-10(2)7-9-12/h3,10-11,13-14H,1,4-9H2,2H3. The molecule has 0 aliphatic heterocycles. The van der Waals surface area contributed by atoms with Crippen molar-refractivity contribution in [2.75, 3.05) is 0 Å². The van der Waals surface area contributed by atoms with Gasteiger partial charge in [0.1, 0.15) is 0 Å². The van der Waals surface area contributed by atoms with Crippen molar-refractivity contribution in [1.29, 1.82) is 0 Å². The van der Waals surface area contributed by atoms with Crippen LogP contribution in [-0.4, -0.2) is 21.9 Å². The molecule has 1 aliphatic carbocycles. The molecule has 0 spiro atoms. The molecule has 82 valence electrons. The zero-order valence-corrected chi connectivity index (χ0v) is 9.08. The molecule has 0 aromatic rings. The lowest BCUT2D eigenvalue weighted by molar-refractivity contribution is -0.105. The van der Waals surface area contributed by atoms with Crippen LogP contribution in [0.15, 0.2) is 12.7 Å². The maximum atomic E-state index is 10.2. The summed E-state index contributed by atoms with van der Waals surface area (Å²) in [5, 5.41) is 20.1. The van der Waals surface area contributed by atoms with Gasteiger partial charge in [-0.05, 0) is 44.4 Å². The van der Waals surface area contributed by atoms with E-state index in [1.165, 1.54) is 0 Å². The Morgan fingerprint density at radius 2 is 2.07 bits per heavy atom. The summed E-state index contributed by atoms with van der Waals surface area (Å²) in [7, 11) is 0. The van der Waals surface area contributed by atoms with Gasteiger partial charge in [0.15, 0.2) is 0 Å². The van der Waals surface area contributed by atoms with Gasteiger partial charge in [-0.25, -0.2) is 0 Å². The fraction of sp³-hybridized carbons (Fsp3) is 0.833. The molecule has 1 atom stereocenters. The van der Waals surface area contributed by atoms with E-state index in [1.54, 1.807) is 6.08 Å². The molecule has 2 N–H and O–H groups in total. The number of aliphatic hydroxyl groups excluding tert-OH is 1. The summed E-state index contributed by atoms with van der Waals surface area (Å²) in [5.41, 5.74) is -0.824. The second-order valence-electron chi connectivity index (χ2n) is 4.67. The summed E-state index contributed by atoms with van der Waals surface area (Å²) in [6, 6.07) is 0. The highest BCUT2D eigenvalue weighted by Crippen LogP contribution is 2.35. The summed E-state index contributed by atoms with van der Waals surface area (Å²) in [6.45, 7) is 5.82. The van der Waals surface area contributed by atoms with Crippen LogP contribution < -0.4 is 0 Å². The second-order valence-corrected chi connectivity index (χ2v) is 4.67. The number of hydrogen-bond acceptors (Lipinski definition) is 2. The number of hydrogen-bond donors (Lipinski definition) is 2. The topological polar surface area (TPSA) is 40.5 Å². The molecule has 0 aromatic heterocycles. The molecule has 1 fully saturated rings. The minimum absolute atomic E-state index is 0.576. The van der Waals surface area contributed by atoms with Gasteiger partial charge in [-0.15, -0.1) is 6.58 Å². The first-order valence-corrected chi connectivity index (χ1v) is 5.60. The van der Waals surface area contributed by atoms with Gasteiger partial charge in [-0.1, -0.05) is 13.0 Å². The Morgan fingerprint density at radius 1 is 1.50 bits per heavy atom. The molecule has 0 saturated heterocycles. The fourth-order valence-corrected chi connectivity index (χ4v) is 2.14. The van der Waals surface area contributed by atoms with Crippen LogP contribution >= 0.6 is 0 Å². The van der Waals surface area contributed by atoms with Crippen LogP contribution in [0.5, 0.6) is 0 Å². The number of rotatable bonds is 4. The first-order valence-electron chi connectivity index (χ1n) is 5.60. The van der Waals surface area contributed by atoms with Crippen LogP contribution in [-0.2, 0) is 0 Å². The highest BCUT2D eigenvalue weighted by atomic mass is 16.3. The molecule has 1 saturated carbocycles. The third-order valence-electron chi connectivity index (χ3n) is 3.40. The SMILES string of the molecule is C=CCCC(O)C1(O)CCC(C)CC1. The molecule has 1 unspecified atom stereocenters. The molecule has 14 heavy (non-hydrogen) atoms. The molecule has 0 bridgehead atoms. The molecule has 0 aromatic carbocycles. The van der Waals surface area contributed by atoms with Gasteiger partial charge in [0.25, 0.3) is 0 Å². The van der Waals surface area contributed by atoms with Gasteiger partial charge in [0, 0.05) is 0 Å². The van der Waals surface area contributed by atoms with E-state index in [4.69, 9.17) is 0 Å². The first kappa shape index (κ1) is 11.7. The van der Waals surface area contributed by atoms with Crippen molar-refractivity contribution >= 4 is 0 Å². The van der Waals surface area contributed by atoms with Gasteiger partial charge in [-0.3, -0.25) is 0 Å². The van der Waals surface area contributed by atoms with Crippen molar-refractivity contribution in [2.24, 2.45) is 5.92 Å². The van der Waals surface area contributed by atoms with Crippen molar-refractivity contribution in [1.82, 2.24) is 0 Å². The first-order chi connectivity index (χ1) is 6.58. The highest BCUT2D eigenvalue weighted by Gasteiger charge is 2.37. The Labute approximate surface area is 86.6 Å². The van der Waals surface area contributed by atoms with Crippen LogP contribution in [0.25, 0.3) is 0 Å². The predicted molar refractivity (Wildman–Crippen MR) is 58.0 cm³/mol. The Balaban J connectivity index is 2.43. The highest BCUT2D eigenvalue weighted by molar-refractivity contribution is 4.91. The van der Waals surface area contributed by atoms with Crippen molar-refractivity contribution < 1.29 is 10.2 Å². The second kappa shape index (κ2) is 4.94. The van der Waals surface area contributed by atoms with Crippen LogP contribution in [0.3, 0.4) is 0 Å². The summed E-state index contributed by atoms with van der Waals surface area (Å²) in [5.74, 6) is 0.696. The van der Waals surface area contributed by atoms with E-state index in [1.807, 2.05) is 0 Å². The van der Waals surface area contributed by atoms with Crippen LogP contribution in [0.2, 0.25) is 0 Å².